The summed E-state index contributed by atoms with van der Waals surface area (Å²) in [6.07, 6.45) is 4.02. The predicted molar refractivity (Wildman–Crippen MR) is 104 cm³/mol. The third-order valence-corrected chi connectivity index (χ3v) is 4.52. The van der Waals surface area contributed by atoms with Gasteiger partial charge in [-0.1, -0.05) is 29.8 Å². The molecule has 0 bridgehead atoms. The zero-order chi connectivity index (χ0) is 17.6. The van der Waals surface area contributed by atoms with Gasteiger partial charge in [0, 0.05) is 13.2 Å². The molecule has 0 saturated carbocycles. The van der Waals surface area contributed by atoms with Gasteiger partial charge in [0.15, 0.2) is 5.11 Å². The van der Waals surface area contributed by atoms with Gasteiger partial charge < -0.3 is 10.1 Å². The summed E-state index contributed by atoms with van der Waals surface area (Å²) in [5.74, 6) is 0. The van der Waals surface area contributed by atoms with Crippen LogP contribution >= 0.6 is 23.8 Å². The first kappa shape index (κ1) is 17.8. The van der Waals surface area contributed by atoms with Crippen LogP contribution in [0.3, 0.4) is 0 Å². The van der Waals surface area contributed by atoms with Crippen molar-refractivity contribution >= 4 is 35.1 Å². The number of benzene rings is 1. The second kappa shape index (κ2) is 8.42. The Morgan fingerprint density at radius 3 is 3.00 bits per heavy atom. The van der Waals surface area contributed by atoms with Gasteiger partial charge in [0.05, 0.1) is 29.3 Å². The van der Waals surface area contributed by atoms with Crippen LogP contribution in [0.15, 0.2) is 35.4 Å². The Balaban J connectivity index is 1.59. The first-order valence-electron chi connectivity index (χ1n) is 8.14. The number of para-hydroxylation sites is 1. The molecule has 0 radical (unpaired) electrons. The Kier molecular flexibility index (Phi) is 6.01. The topological polar surface area (TPSA) is 63.5 Å². The zero-order valence-electron chi connectivity index (χ0n) is 13.9. The maximum absolute atomic E-state index is 6.44. The lowest BCUT2D eigenvalue weighted by molar-refractivity contribution is 0.114. The maximum atomic E-state index is 6.44. The van der Waals surface area contributed by atoms with Crippen molar-refractivity contribution in [2.24, 2.45) is 5.10 Å². The average molecular weight is 378 g/mol. The number of ether oxygens (including phenoxy) is 1. The van der Waals surface area contributed by atoms with Gasteiger partial charge in [-0.25, -0.2) is 4.68 Å². The summed E-state index contributed by atoms with van der Waals surface area (Å²) in [6.45, 7) is 3.40. The van der Waals surface area contributed by atoms with Gasteiger partial charge in [-0.2, -0.15) is 10.2 Å². The van der Waals surface area contributed by atoms with Gasteiger partial charge in [-0.05, 0) is 44.1 Å². The molecule has 1 aliphatic heterocycles. The fourth-order valence-corrected chi connectivity index (χ4v) is 3.06. The second-order valence-corrected chi connectivity index (χ2v) is 6.52. The number of hydrogen-bond acceptors (Lipinski definition) is 4. The van der Waals surface area contributed by atoms with Crippen molar-refractivity contribution in [2.45, 2.75) is 25.9 Å². The van der Waals surface area contributed by atoms with Crippen LogP contribution in [0, 0.1) is 6.92 Å². The van der Waals surface area contributed by atoms with Crippen molar-refractivity contribution in [3.05, 3.63) is 46.7 Å². The number of nitrogens with one attached hydrogen (secondary N) is 2. The average Bonchev–Trinajstić information content (AvgIpc) is 3.24. The van der Waals surface area contributed by atoms with Crippen molar-refractivity contribution in [3.63, 3.8) is 0 Å². The summed E-state index contributed by atoms with van der Waals surface area (Å²) in [4.78, 5) is 0. The molecule has 1 aromatic heterocycles. The standard InChI is InChI=1S/C17H20ClN5OS/c1-12-15(16(18)23(22-12)13-6-3-2-4-7-13)11-20-21-17(25)19-10-14-8-5-9-24-14/h2-4,6-7,11,14H,5,8-10H2,1H3,(H2,19,21,25). The molecular weight excluding hydrogens is 358 g/mol. The highest BCUT2D eigenvalue weighted by Gasteiger charge is 2.15. The molecular formula is C17H20ClN5OS. The van der Waals surface area contributed by atoms with Crippen LogP contribution in [-0.4, -0.2) is 40.4 Å². The molecule has 0 amide bonds. The minimum atomic E-state index is 0.226. The summed E-state index contributed by atoms with van der Waals surface area (Å²) in [7, 11) is 0. The van der Waals surface area contributed by atoms with Crippen molar-refractivity contribution < 1.29 is 4.74 Å². The Labute approximate surface area is 157 Å². The van der Waals surface area contributed by atoms with E-state index in [-0.39, 0.29) is 6.10 Å². The van der Waals surface area contributed by atoms with E-state index in [0.717, 1.165) is 36.4 Å². The second-order valence-electron chi connectivity index (χ2n) is 5.75. The van der Waals surface area contributed by atoms with Gasteiger partial charge in [-0.3, -0.25) is 5.43 Å². The van der Waals surface area contributed by atoms with Crippen LogP contribution in [0.2, 0.25) is 5.15 Å². The number of halogens is 1. The number of aryl methyl sites for hydroxylation is 1. The monoisotopic (exact) mass is 377 g/mol. The molecule has 0 spiro atoms. The highest BCUT2D eigenvalue weighted by molar-refractivity contribution is 7.80. The van der Waals surface area contributed by atoms with E-state index in [1.165, 1.54) is 0 Å². The van der Waals surface area contributed by atoms with Crippen LogP contribution in [0.5, 0.6) is 0 Å². The van der Waals surface area contributed by atoms with Crippen molar-refractivity contribution in [1.29, 1.82) is 0 Å². The Bertz CT molecular complexity index is 756. The molecule has 1 aromatic carbocycles. The van der Waals surface area contributed by atoms with Gasteiger partial charge in [0.2, 0.25) is 0 Å². The molecule has 8 heteroatoms. The molecule has 1 unspecified atom stereocenters. The Hall–Kier alpha value is -1.96. The molecule has 1 saturated heterocycles. The molecule has 1 fully saturated rings. The number of aromatic nitrogens is 2. The fraction of sp³-hybridized carbons (Fsp3) is 0.353. The van der Waals surface area contributed by atoms with E-state index >= 15 is 0 Å². The van der Waals surface area contributed by atoms with E-state index in [0.29, 0.717) is 16.8 Å². The summed E-state index contributed by atoms with van der Waals surface area (Å²) in [6, 6.07) is 9.72. The molecule has 25 heavy (non-hydrogen) atoms. The number of hydrazone groups is 1. The first-order chi connectivity index (χ1) is 12.1. The Morgan fingerprint density at radius 1 is 1.48 bits per heavy atom. The van der Waals surface area contributed by atoms with Crippen molar-refractivity contribution in [2.75, 3.05) is 13.2 Å². The van der Waals surface area contributed by atoms with Crippen LogP contribution in [0.25, 0.3) is 5.69 Å². The predicted octanol–water partition coefficient (Wildman–Crippen LogP) is 2.81. The lowest BCUT2D eigenvalue weighted by Gasteiger charge is -2.11. The molecule has 6 nitrogen and oxygen atoms in total. The molecule has 0 aliphatic carbocycles. The zero-order valence-corrected chi connectivity index (χ0v) is 15.5. The smallest absolute Gasteiger partial charge is 0.187 e. The van der Waals surface area contributed by atoms with E-state index in [1.54, 1.807) is 10.9 Å². The highest BCUT2D eigenvalue weighted by atomic mass is 35.5. The quantitative estimate of drug-likeness (QED) is 0.476. The lowest BCUT2D eigenvalue weighted by atomic mass is 10.2. The molecule has 1 aliphatic rings. The maximum Gasteiger partial charge on any atom is 0.187 e. The summed E-state index contributed by atoms with van der Waals surface area (Å²) < 4.78 is 7.22. The summed E-state index contributed by atoms with van der Waals surface area (Å²) in [5.41, 5.74) is 5.24. The SMILES string of the molecule is Cc1nn(-c2ccccc2)c(Cl)c1C=NNC(=S)NCC1CCCO1. The largest absolute Gasteiger partial charge is 0.376 e. The van der Waals surface area contributed by atoms with Crippen molar-refractivity contribution in [3.8, 4) is 5.69 Å². The Morgan fingerprint density at radius 2 is 2.28 bits per heavy atom. The summed E-state index contributed by atoms with van der Waals surface area (Å²) in [5, 5.41) is 12.7. The number of hydrogen-bond donors (Lipinski definition) is 2. The van der Waals surface area contributed by atoms with Crippen LogP contribution < -0.4 is 10.7 Å². The minimum Gasteiger partial charge on any atom is -0.376 e. The molecule has 2 N–H and O–H groups in total. The minimum absolute atomic E-state index is 0.226. The van der Waals surface area contributed by atoms with E-state index in [9.17, 15) is 0 Å². The van der Waals surface area contributed by atoms with E-state index < -0.39 is 0 Å². The van der Waals surface area contributed by atoms with Gasteiger partial charge in [0.1, 0.15) is 5.15 Å². The third-order valence-electron chi connectivity index (χ3n) is 3.92. The fourth-order valence-electron chi connectivity index (χ4n) is 2.60. The molecule has 3 rings (SSSR count). The summed E-state index contributed by atoms with van der Waals surface area (Å²) >= 11 is 11.6. The van der Waals surface area contributed by atoms with Gasteiger partial charge >= 0.3 is 0 Å². The number of rotatable bonds is 5. The van der Waals surface area contributed by atoms with Crippen molar-refractivity contribution in [1.82, 2.24) is 20.5 Å². The van der Waals surface area contributed by atoms with E-state index in [2.05, 4.69) is 20.9 Å². The molecule has 1 atom stereocenters. The molecule has 2 aromatic rings. The molecule has 2 heterocycles. The van der Waals surface area contributed by atoms with Crippen LogP contribution in [-0.2, 0) is 4.74 Å². The third kappa shape index (κ3) is 4.56. The number of thiocarbonyl (C=S) groups is 1. The van der Waals surface area contributed by atoms with E-state index in [1.807, 2.05) is 37.3 Å². The lowest BCUT2D eigenvalue weighted by Crippen LogP contribution is -2.37. The van der Waals surface area contributed by atoms with Gasteiger partial charge in [0.25, 0.3) is 0 Å². The highest BCUT2D eigenvalue weighted by Crippen LogP contribution is 2.21. The van der Waals surface area contributed by atoms with Crippen LogP contribution in [0.4, 0.5) is 0 Å². The first-order valence-corrected chi connectivity index (χ1v) is 8.93. The van der Waals surface area contributed by atoms with Gasteiger partial charge in [-0.15, -0.1) is 0 Å². The molecule has 132 valence electrons. The normalized spacial score (nSPS) is 17.1. The van der Waals surface area contributed by atoms with E-state index in [4.69, 9.17) is 28.6 Å². The number of nitrogens with zero attached hydrogens (tertiary/aromatic N) is 3. The van der Waals surface area contributed by atoms with Crippen LogP contribution in [0.1, 0.15) is 24.1 Å².